The summed E-state index contributed by atoms with van der Waals surface area (Å²) in [5, 5.41) is 6.72. The first kappa shape index (κ1) is 21.3. The van der Waals surface area contributed by atoms with Crippen molar-refractivity contribution in [2.75, 3.05) is 25.6 Å². The highest BCUT2D eigenvalue weighted by molar-refractivity contribution is 5.93. The fourth-order valence-corrected chi connectivity index (χ4v) is 2.52. The van der Waals surface area contributed by atoms with Gasteiger partial charge in [-0.3, -0.25) is 4.79 Å². The van der Waals surface area contributed by atoms with Crippen LogP contribution in [-0.4, -0.2) is 32.4 Å². The SMILES string of the molecule is COc1cc(/C=N\OCC(=O)Nc2c(C)cccc2C)ccc1OCC(C)C. The van der Waals surface area contributed by atoms with E-state index in [4.69, 9.17) is 14.3 Å². The lowest BCUT2D eigenvalue weighted by Crippen LogP contribution is -2.18. The number of para-hydroxylation sites is 1. The van der Waals surface area contributed by atoms with E-state index in [1.54, 1.807) is 13.2 Å². The van der Waals surface area contributed by atoms with Crippen molar-refractivity contribution in [2.45, 2.75) is 27.7 Å². The van der Waals surface area contributed by atoms with Gasteiger partial charge in [-0.25, -0.2) is 0 Å². The van der Waals surface area contributed by atoms with Crippen LogP contribution in [0.15, 0.2) is 41.6 Å². The summed E-state index contributed by atoms with van der Waals surface area (Å²) in [6.45, 7) is 8.51. The van der Waals surface area contributed by atoms with Gasteiger partial charge in [-0.1, -0.05) is 37.2 Å². The quantitative estimate of drug-likeness (QED) is 0.516. The van der Waals surface area contributed by atoms with E-state index in [-0.39, 0.29) is 12.5 Å². The van der Waals surface area contributed by atoms with Gasteiger partial charge in [-0.15, -0.1) is 0 Å². The third-order valence-corrected chi connectivity index (χ3v) is 3.98. The molecule has 2 aromatic carbocycles. The van der Waals surface area contributed by atoms with E-state index < -0.39 is 0 Å². The number of carbonyl (C=O) groups excluding carboxylic acids is 1. The molecular weight excluding hydrogens is 356 g/mol. The highest BCUT2D eigenvalue weighted by Gasteiger charge is 2.08. The van der Waals surface area contributed by atoms with Crippen molar-refractivity contribution < 1.29 is 19.1 Å². The van der Waals surface area contributed by atoms with Crippen LogP contribution >= 0.6 is 0 Å². The molecule has 0 fully saturated rings. The number of nitrogens with zero attached hydrogens (tertiary/aromatic N) is 1. The highest BCUT2D eigenvalue weighted by atomic mass is 16.6. The molecular formula is C22H28N2O4. The van der Waals surface area contributed by atoms with Gasteiger partial charge in [0, 0.05) is 11.3 Å². The summed E-state index contributed by atoms with van der Waals surface area (Å²) in [6, 6.07) is 11.3. The molecule has 0 aliphatic heterocycles. The molecule has 0 atom stereocenters. The maximum Gasteiger partial charge on any atom is 0.265 e. The molecule has 2 aromatic rings. The van der Waals surface area contributed by atoms with Crippen molar-refractivity contribution in [3.05, 3.63) is 53.1 Å². The second-order valence-electron chi connectivity index (χ2n) is 6.94. The second kappa shape index (κ2) is 10.3. The second-order valence-corrected chi connectivity index (χ2v) is 6.94. The fraction of sp³-hybridized carbons (Fsp3) is 0.364. The number of hydrogen-bond acceptors (Lipinski definition) is 5. The smallest absolute Gasteiger partial charge is 0.265 e. The van der Waals surface area contributed by atoms with Gasteiger partial charge >= 0.3 is 0 Å². The molecule has 6 nitrogen and oxygen atoms in total. The Balaban J connectivity index is 1.89. The summed E-state index contributed by atoms with van der Waals surface area (Å²) in [6.07, 6.45) is 1.53. The monoisotopic (exact) mass is 384 g/mol. The molecule has 0 saturated heterocycles. The number of amides is 1. The third kappa shape index (κ3) is 6.30. The first-order chi connectivity index (χ1) is 13.4. The summed E-state index contributed by atoms with van der Waals surface area (Å²) < 4.78 is 11.1. The lowest BCUT2D eigenvalue weighted by atomic mass is 10.1. The van der Waals surface area contributed by atoms with E-state index in [9.17, 15) is 4.79 Å². The Morgan fingerprint density at radius 2 is 1.86 bits per heavy atom. The summed E-state index contributed by atoms with van der Waals surface area (Å²) >= 11 is 0. The zero-order valence-electron chi connectivity index (χ0n) is 17.1. The fourth-order valence-electron chi connectivity index (χ4n) is 2.52. The van der Waals surface area contributed by atoms with Crippen LogP contribution in [0.4, 0.5) is 5.69 Å². The number of anilines is 1. The molecule has 2 rings (SSSR count). The Kier molecular flexibility index (Phi) is 7.87. The van der Waals surface area contributed by atoms with Crippen molar-refractivity contribution in [3.8, 4) is 11.5 Å². The van der Waals surface area contributed by atoms with Crippen molar-refractivity contribution in [1.82, 2.24) is 0 Å². The van der Waals surface area contributed by atoms with E-state index >= 15 is 0 Å². The van der Waals surface area contributed by atoms with Crippen LogP contribution in [0.1, 0.15) is 30.5 Å². The molecule has 28 heavy (non-hydrogen) atoms. The van der Waals surface area contributed by atoms with E-state index in [1.165, 1.54) is 6.21 Å². The predicted octanol–water partition coefficient (Wildman–Crippen LogP) is 4.34. The van der Waals surface area contributed by atoms with Crippen LogP contribution in [0.25, 0.3) is 0 Å². The topological polar surface area (TPSA) is 69.2 Å². The minimum Gasteiger partial charge on any atom is -0.493 e. The van der Waals surface area contributed by atoms with Gasteiger partial charge in [-0.2, -0.15) is 0 Å². The van der Waals surface area contributed by atoms with Crippen LogP contribution < -0.4 is 14.8 Å². The molecule has 0 aliphatic rings. The van der Waals surface area contributed by atoms with Crippen LogP contribution in [0.5, 0.6) is 11.5 Å². The van der Waals surface area contributed by atoms with Crippen LogP contribution in [0, 0.1) is 19.8 Å². The Morgan fingerprint density at radius 1 is 1.14 bits per heavy atom. The Labute approximate surface area is 166 Å². The summed E-state index contributed by atoms with van der Waals surface area (Å²) in [5.41, 5.74) is 3.60. The van der Waals surface area contributed by atoms with Crippen LogP contribution in [-0.2, 0) is 9.63 Å². The number of rotatable bonds is 9. The van der Waals surface area contributed by atoms with Crippen molar-refractivity contribution in [3.63, 3.8) is 0 Å². The first-order valence-electron chi connectivity index (χ1n) is 9.23. The predicted molar refractivity (Wildman–Crippen MR) is 111 cm³/mol. The molecule has 0 aromatic heterocycles. The number of ether oxygens (including phenoxy) is 2. The zero-order valence-corrected chi connectivity index (χ0v) is 17.1. The minimum absolute atomic E-state index is 0.170. The van der Waals surface area contributed by atoms with E-state index in [2.05, 4.69) is 24.3 Å². The number of carbonyl (C=O) groups is 1. The van der Waals surface area contributed by atoms with Gasteiger partial charge in [-0.05, 0) is 49.1 Å². The first-order valence-corrected chi connectivity index (χ1v) is 9.23. The van der Waals surface area contributed by atoms with Crippen LogP contribution in [0.2, 0.25) is 0 Å². The average Bonchev–Trinajstić information content (AvgIpc) is 2.66. The normalized spacial score (nSPS) is 10.9. The van der Waals surface area contributed by atoms with E-state index in [0.29, 0.717) is 24.0 Å². The zero-order chi connectivity index (χ0) is 20.5. The largest absolute Gasteiger partial charge is 0.493 e. The van der Waals surface area contributed by atoms with Gasteiger partial charge in [0.15, 0.2) is 18.1 Å². The molecule has 0 aliphatic carbocycles. The van der Waals surface area contributed by atoms with E-state index in [1.807, 2.05) is 44.2 Å². The molecule has 6 heteroatoms. The highest BCUT2D eigenvalue weighted by Crippen LogP contribution is 2.28. The summed E-state index contributed by atoms with van der Waals surface area (Å²) in [5.74, 6) is 1.47. The van der Waals surface area contributed by atoms with E-state index in [0.717, 1.165) is 22.4 Å². The van der Waals surface area contributed by atoms with Gasteiger partial charge in [0.05, 0.1) is 19.9 Å². The number of methoxy groups -OCH3 is 1. The lowest BCUT2D eigenvalue weighted by Gasteiger charge is -2.12. The van der Waals surface area contributed by atoms with Crippen molar-refractivity contribution in [2.24, 2.45) is 11.1 Å². The standard InChI is InChI=1S/C22H28N2O4/c1-15(2)13-27-19-10-9-18(11-20(19)26-5)12-23-28-14-21(25)24-22-16(3)7-6-8-17(22)4/h6-12,15H,13-14H2,1-5H3,(H,24,25)/b23-12-. The maximum absolute atomic E-state index is 12.1. The summed E-state index contributed by atoms with van der Waals surface area (Å²) in [7, 11) is 1.59. The van der Waals surface area contributed by atoms with Crippen molar-refractivity contribution >= 4 is 17.8 Å². The van der Waals surface area contributed by atoms with Gasteiger partial charge in [0.25, 0.3) is 5.91 Å². The third-order valence-electron chi connectivity index (χ3n) is 3.98. The molecule has 0 bridgehead atoms. The average molecular weight is 384 g/mol. The molecule has 1 amide bonds. The van der Waals surface area contributed by atoms with Gasteiger partial charge in [0.2, 0.25) is 0 Å². The molecule has 0 unspecified atom stereocenters. The molecule has 150 valence electrons. The number of oxime groups is 1. The van der Waals surface area contributed by atoms with Crippen molar-refractivity contribution in [1.29, 1.82) is 0 Å². The summed E-state index contributed by atoms with van der Waals surface area (Å²) in [4.78, 5) is 17.2. The lowest BCUT2D eigenvalue weighted by molar-refractivity contribution is -0.120. The maximum atomic E-state index is 12.1. The van der Waals surface area contributed by atoms with Gasteiger partial charge in [0.1, 0.15) is 0 Å². The van der Waals surface area contributed by atoms with Crippen LogP contribution in [0.3, 0.4) is 0 Å². The molecule has 0 heterocycles. The number of aryl methyl sites for hydroxylation is 2. The number of benzene rings is 2. The molecule has 1 N–H and O–H groups in total. The minimum atomic E-state index is -0.260. The Morgan fingerprint density at radius 3 is 2.50 bits per heavy atom. The Bertz CT molecular complexity index is 811. The number of hydrogen-bond donors (Lipinski definition) is 1. The molecule has 0 saturated carbocycles. The molecule has 0 radical (unpaired) electrons. The number of nitrogens with one attached hydrogen (secondary N) is 1. The van der Waals surface area contributed by atoms with Gasteiger partial charge < -0.3 is 19.6 Å². The Hall–Kier alpha value is -3.02. The molecule has 0 spiro atoms.